The monoisotopic (exact) mass is 381 g/mol. The molecule has 0 saturated heterocycles. The normalized spacial score (nSPS) is 10.0. The molecule has 0 saturated carbocycles. The van der Waals surface area contributed by atoms with Gasteiger partial charge in [0.15, 0.2) is 6.61 Å². The van der Waals surface area contributed by atoms with Gasteiger partial charge in [-0.2, -0.15) is 0 Å². The maximum atomic E-state index is 11.8. The van der Waals surface area contributed by atoms with Gasteiger partial charge in [-0.3, -0.25) is 19.4 Å². The summed E-state index contributed by atoms with van der Waals surface area (Å²) >= 11 is 11.5. The largest absolute Gasteiger partial charge is 0.454 e. The van der Waals surface area contributed by atoms with Crippen molar-refractivity contribution in [1.82, 2.24) is 10.3 Å². The lowest BCUT2D eigenvalue weighted by Crippen LogP contribution is -2.32. The van der Waals surface area contributed by atoms with Gasteiger partial charge in [-0.25, -0.2) is 0 Å². The molecule has 0 radical (unpaired) electrons. The zero-order chi connectivity index (χ0) is 18.2. The summed E-state index contributed by atoms with van der Waals surface area (Å²) in [6, 6.07) is 9.33. The first-order chi connectivity index (χ1) is 11.9. The van der Waals surface area contributed by atoms with Crippen LogP contribution in [0.5, 0.6) is 0 Å². The Labute approximate surface area is 153 Å². The molecule has 2 N–H and O–H groups in total. The third-order valence-electron chi connectivity index (χ3n) is 2.84. The molecule has 0 atom stereocenters. The number of nitrogens with one attached hydrogen (secondary N) is 2. The Hall–Kier alpha value is -2.64. The average molecular weight is 382 g/mol. The third-order valence-corrected chi connectivity index (χ3v) is 3.33. The number of rotatable bonds is 6. The van der Waals surface area contributed by atoms with E-state index in [0.29, 0.717) is 15.7 Å². The fourth-order valence-corrected chi connectivity index (χ4v) is 1.98. The van der Waals surface area contributed by atoms with Crippen LogP contribution in [0.3, 0.4) is 0 Å². The molecule has 0 aliphatic carbocycles. The second kappa shape index (κ2) is 9.00. The predicted octanol–water partition coefficient (Wildman–Crippen LogP) is 2.30. The molecule has 1 aromatic carbocycles. The van der Waals surface area contributed by atoms with Crippen molar-refractivity contribution >= 4 is 46.7 Å². The summed E-state index contributed by atoms with van der Waals surface area (Å²) < 4.78 is 4.77. The minimum absolute atomic E-state index is 0.0702. The number of esters is 1. The second-order valence-electron chi connectivity index (χ2n) is 4.76. The van der Waals surface area contributed by atoms with Gasteiger partial charge >= 0.3 is 5.97 Å². The highest BCUT2D eigenvalue weighted by Gasteiger charge is 2.12. The highest BCUT2D eigenvalue weighted by atomic mass is 35.5. The lowest BCUT2D eigenvalue weighted by molar-refractivity contribution is -0.146. The Kier molecular flexibility index (Phi) is 6.73. The molecule has 0 bridgehead atoms. The van der Waals surface area contributed by atoms with E-state index >= 15 is 0 Å². The van der Waals surface area contributed by atoms with E-state index in [1.807, 2.05) is 0 Å². The topological polar surface area (TPSA) is 97.4 Å². The van der Waals surface area contributed by atoms with Crippen LogP contribution in [0.2, 0.25) is 10.0 Å². The van der Waals surface area contributed by atoms with Crippen molar-refractivity contribution in [2.45, 2.75) is 0 Å². The molecule has 0 aliphatic rings. The first-order valence-electron chi connectivity index (χ1n) is 7.05. The molecule has 2 amide bonds. The fraction of sp³-hybridized carbons (Fsp3) is 0.125. The molecule has 0 unspecified atom stereocenters. The third kappa shape index (κ3) is 6.40. The van der Waals surface area contributed by atoms with Crippen molar-refractivity contribution in [3.05, 3.63) is 58.3 Å². The van der Waals surface area contributed by atoms with E-state index in [1.165, 1.54) is 18.3 Å². The zero-order valence-corrected chi connectivity index (χ0v) is 14.3. The van der Waals surface area contributed by atoms with E-state index in [-0.39, 0.29) is 5.69 Å². The van der Waals surface area contributed by atoms with Crippen LogP contribution in [0.15, 0.2) is 42.6 Å². The van der Waals surface area contributed by atoms with Crippen molar-refractivity contribution in [3.63, 3.8) is 0 Å². The number of anilines is 1. The predicted molar refractivity (Wildman–Crippen MR) is 92.6 cm³/mol. The second-order valence-corrected chi connectivity index (χ2v) is 5.63. The summed E-state index contributed by atoms with van der Waals surface area (Å²) in [5.41, 5.74) is 0.589. The van der Waals surface area contributed by atoms with Gasteiger partial charge in [0.2, 0.25) is 0 Å². The Balaban J connectivity index is 1.72. The smallest absolute Gasteiger partial charge is 0.325 e. The Morgan fingerprint density at radius 1 is 1.04 bits per heavy atom. The zero-order valence-electron chi connectivity index (χ0n) is 12.8. The van der Waals surface area contributed by atoms with Crippen LogP contribution in [0, 0.1) is 0 Å². The van der Waals surface area contributed by atoms with E-state index in [2.05, 4.69) is 15.6 Å². The summed E-state index contributed by atoms with van der Waals surface area (Å²) in [5, 5.41) is 5.74. The number of halogens is 2. The average Bonchev–Trinajstić information content (AvgIpc) is 2.60. The Morgan fingerprint density at radius 3 is 2.44 bits per heavy atom. The molecule has 1 aromatic heterocycles. The number of ether oxygens (including phenoxy) is 1. The molecular weight excluding hydrogens is 369 g/mol. The maximum absolute atomic E-state index is 11.8. The van der Waals surface area contributed by atoms with Crippen LogP contribution >= 0.6 is 23.2 Å². The van der Waals surface area contributed by atoms with Crippen LogP contribution in [0.1, 0.15) is 10.5 Å². The van der Waals surface area contributed by atoms with Gasteiger partial charge in [0, 0.05) is 21.9 Å². The first kappa shape index (κ1) is 18.7. The molecule has 130 valence electrons. The minimum Gasteiger partial charge on any atom is -0.454 e. The molecule has 1 heterocycles. The van der Waals surface area contributed by atoms with Gasteiger partial charge in [-0.1, -0.05) is 23.2 Å². The van der Waals surface area contributed by atoms with Crippen LogP contribution in [-0.4, -0.2) is 35.9 Å². The van der Waals surface area contributed by atoms with Gasteiger partial charge in [0.1, 0.15) is 12.2 Å². The number of hydrogen-bond donors (Lipinski definition) is 2. The van der Waals surface area contributed by atoms with Gasteiger partial charge in [-0.15, -0.1) is 0 Å². The maximum Gasteiger partial charge on any atom is 0.325 e. The summed E-state index contributed by atoms with van der Waals surface area (Å²) in [5.74, 6) is -1.86. The molecule has 7 nitrogen and oxygen atoms in total. The number of hydrogen-bond acceptors (Lipinski definition) is 5. The number of pyridine rings is 1. The van der Waals surface area contributed by atoms with Gasteiger partial charge in [-0.05, 0) is 36.4 Å². The van der Waals surface area contributed by atoms with Crippen molar-refractivity contribution in [1.29, 1.82) is 0 Å². The van der Waals surface area contributed by atoms with E-state index < -0.39 is 30.9 Å². The number of amides is 2. The molecule has 0 fully saturated rings. The number of carbonyl (C=O) groups is 3. The number of nitrogens with zero attached hydrogens (tertiary/aromatic N) is 1. The van der Waals surface area contributed by atoms with Crippen LogP contribution in [0.25, 0.3) is 0 Å². The van der Waals surface area contributed by atoms with Crippen LogP contribution < -0.4 is 10.6 Å². The quantitative estimate of drug-likeness (QED) is 0.748. The van der Waals surface area contributed by atoms with E-state index in [0.717, 1.165) is 0 Å². The Morgan fingerprint density at radius 2 is 1.76 bits per heavy atom. The van der Waals surface area contributed by atoms with E-state index in [9.17, 15) is 14.4 Å². The summed E-state index contributed by atoms with van der Waals surface area (Å²) in [6.45, 7) is -0.881. The SMILES string of the molecule is O=C(COC(=O)CNC(=O)c1cc(Cl)ccn1)Nc1ccc(Cl)cc1. The van der Waals surface area contributed by atoms with Crippen molar-refractivity contribution < 1.29 is 19.1 Å². The minimum atomic E-state index is -0.762. The number of carbonyl (C=O) groups excluding carboxylic acids is 3. The van der Waals surface area contributed by atoms with Crippen molar-refractivity contribution in [2.75, 3.05) is 18.5 Å². The van der Waals surface area contributed by atoms with Crippen LogP contribution in [0.4, 0.5) is 5.69 Å². The summed E-state index contributed by atoms with van der Waals surface area (Å²) in [6.07, 6.45) is 1.37. The Bertz CT molecular complexity index is 781. The fourth-order valence-electron chi connectivity index (χ4n) is 1.70. The molecule has 9 heteroatoms. The first-order valence-corrected chi connectivity index (χ1v) is 7.80. The molecule has 25 heavy (non-hydrogen) atoms. The molecule has 0 spiro atoms. The molecule has 0 aliphatic heterocycles. The number of benzene rings is 1. The van der Waals surface area contributed by atoms with Gasteiger partial charge in [0.05, 0.1) is 0 Å². The van der Waals surface area contributed by atoms with Gasteiger partial charge < -0.3 is 15.4 Å². The standard InChI is InChI=1S/C16H13Cl2N3O4/c17-10-1-3-12(4-2-10)21-14(22)9-25-15(23)8-20-16(24)13-7-11(18)5-6-19-13/h1-7H,8-9H2,(H,20,24)(H,21,22). The van der Waals surface area contributed by atoms with E-state index in [4.69, 9.17) is 27.9 Å². The highest BCUT2D eigenvalue weighted by molar-refractivity contribution is 6.31. The van der Waals surface area contributed by atoms with Gasteiger partial charge in [0.25, 0.3) is 11.8 Å². The van der Waals surface area contributed by atoms with E-state index in [1.54, 1.807) is 24.3 Å². The van der Waals surface area contributed by atoms with Crippen molar-refractivity contribution in [3.8, 4) is 0 Å². The molecular formula is C16H13Cl2N3O4. The lowest BCUT2D eigenvalue weighted by atomic mass is 10.3. The summed E-state index contributed by atoms with van der Waals surface area (Å²) in [4.78, 5) is 38.8. The molecule has 2 aromatic rings. The number of aromatic nitrogens is 1. The molecule has 2 rings (SSSR count). The van der Waals surface area contributed by atoms with Crippen LogP contribution in [-0.2, 0) is 14.3 Å². The summed E-state index contributed by atoms with van der Waals surface area (Å²) in [7, 11) is 0. The lowest BCUT2D eigenvalue weighted by Gasteiger charge is -2.07. The highest BCUT2D eigenvalue weighted by Crippen LogP contribution is 2.13. The van der Waals surface area contributed by atoms with Crippen molar-refractivity contribution in [2.24, 2.45) is 0 Å².